The standard InChI is InChI=1S/C23H24N4O3S/c1-14-9-10-18-20(15(14)2)24-23(31-18)26(12-11-25(3)4)19(28)13-27-21(29)16-7-5-6-8-17(16)22(27)30/h5-10H,11-13H2,1-4H3. The molecule has 1 aliphatic heterocycles. The fraction of sp³-hybridized carbons (Fsp3) is 0.304. The average molecular weight is 437 g/mol. The van der Waals surface area contributed by atoms with E-state index in [4.69, 9.17) is 4.98 Å². The van der Waals surface area contributed by atoms with Crippen LogP contribution in [0, 0.1) is 13.8 Å². The van der Waals surface area contributed by atoms with Crippen LogP contribution >= 0.6 is 11.3 Å². The normalized spacial score (nSPS) is 13.4. The molecule has 160 valence electrons. The van der Waals surface area contributed by atoms with Crippen molar-refractivity contribution in [1.82, 2.24) is 14.8 Å². The molecular formula is C23H24N4O3S. The molecule has 7 nitrogen and oxygen atoms in total. The Labute approximate surface area is 184 Å². The van der Waals surface area contributed by atoms with Crippen molar-refractivity contribution in [3.63, 3.8) is 0 Å². The average Bonchev–Trinajstić information content (AvgIpc) is 3.27. The molecule has 0 aliphatic carbocycles. The van der Waals surface area contributed by atoms with Gasteiger partial charge in [0.15, 0.2) is 5.13 Å². The Balaban J connectivity index is 1.64. The fourth-order valence-corrected chi connectivity index (χ4v) is 4.63. The number of nitrogens with zero attached hydrogens (tertiary/aromatic N) is 4. The molecular weight excluding hydrogens is 412 g/mol. The van der Waals surface area contributed by atoms with Crippen LogP contribution in [0.4, 0.5) is 5.13 Å². The number of aromatic nitrogens is 1. The van der Waals surface area contributed by atoms with Crippen molar-refractivity contribution in [3.05, 3.63) is 58.7 Å². The summed E-state index contributed by atoms with van der Waals surface area (Å²) in [5, 5.41) is 0.576. The monoisotopic (exact) mass is 436 g/mol. The van der Waals surface area contributed by atoms with Crippen LogP contribution < -0.4 is 4.90 Å². The molecule has 0 atom stereocenters. The predicted octanol–water partition coefficient (Wildman–Crippen LogP) is 3.10. The number of hydrogen-bond donors (Lipinski definition) is 0. The van der Waals surface area contributed by atoms with Gasteiger partial charge in [-0.1, -0.05) is 29.5 Å². The van der Waals surface area contributed by atoms with Crippen LogP contribution in [0.25, 0.3) is 10.2 Å². The Hall–Kier alpha value is -3.10. The maximum absolute atomic E-state index is 13.3. The van der Waals surface area contributed by atoms with E-state index < -0.39 is 11.8 Å². The van der Waals surface area contributed by atoms with Gasteiger partial charge < -0.3 is 4.90 Å². The minimum absolute atomic E-state index is 0.312. The van der Waals surface area contributed by atoms with E-state index in [0.717, 1.165) is 26.2 Å². The van der Waals surface area contributed by atoms with Crippen LogP contribution in [0.2, 0.25) is 0 Å². The predicted molar refractivity (Wildman–Crippen MR) is 122 cm³/mol. The highest BCUT2D eigenvalue weighted by Crippen LogP contribution is 2.32. The van der Waals surface area contributed by atoms with E-state index in [0.29, 0.717) is 29.3 Å². The molecule has 3 aromatic rings. The van der Waals surface area contributed by atoms with E-state index in [-0.39, 0.29) is 12.5 Å². The Bertz CT molecular complexity index is 1170. The van der Waals surface area contributed by atoms with Gasteiger partial charge >= 0.3 is 0 Å². The second-order valence-electron chi connectivity index (χ2n) is 7.94. The second kappa shape index (κ2) is 8.20. The summed E-state index contributed by atoms with van der Waals surface area (Å²) in [6.07, 6.45) is 0. The number of aryl methyl sites for hydroxylation is 2. The molecule has 0 spiro atoms. The number of likely N-dealkylation sites (N-methyl/N-ethyl adjacent to an activating group) is 1. The Kier molecular flexibility index (Phi) is 5.60. The quantitative estimate of drug-likeness (QED) is 0.555. The number of carbonyl (C=O) groups is 3. The van der Waals surface area contributed by atoms with Gasteiger partial charge in [-0.15, -0.1) is 0 Å². The van der Waals surface area contributed by atoms with Gasteiger partial charge in [0.05, 0.1) is 21.3 Å². The van der Waals surface area contributed by atoms with E-state index in [1.54, 1.807) is 29.2 Å². The lowest BCUT2D eigenvalue weighted by atomic mass is 10.1. The molecule has 2 aromatic carbocycles. The van der Waals surface area contributed by atoms with Crippen LogP contribution in [0.3, 0.4) is 0 Å². The highest BCUT2D eigenvalue weighted by atomic mass is 32.1. The summed E-state index contributed by atoms with van der Waals surface area (Å²) in [5.74, 6) is -1.20. The zero-order chi connectivity index (χ0) is 22.3. The molecule has 0 fully saturated rings. The van der Waals surface area contributed by atoms with Crippen molar-refractivity contribution < 1.29 is 14.4 Å². The number of benzene rings is 2. The first-order valence-corrected chi connectivity index (χ1v) is 10.9. The number of fused-ring (bicyclic) bond motifs is 2. The van der Waals surface area contributed by atoms with Crippen molar-refractivity contribution in [2.75, 3.05) is 38.6 Å². The van der Waals surface area contributed by atoms with Gasteiger partial charge in [-0.2, -0.15) is 0 Å². The lowest BCUT2D eigenvalue weighted by Crippen LogP contribution is -2.45. The van der Waals surface area contributed by atoms with Crippen LogP contribution in [0.15, 0.2) is 36.4 Å². The summed E-state index contributed by atoms with van der Waals surface area (Å²) in [6, 6.07) is 10.7. The van der Waals surface area contributed by atoms with Gasteiger partial charge in [-0.25, -0.2) is 4.98 Å². The second-order valence-corrected chi connectivity index (χ2v) is 8.95. The Morgan fingerprint density at radius 2 is 1.65 bits per heavy atom. The van der Waals surface area contributed by atoms with Crippen LogP contribution in [-0.4, -0.2) is 66.2 Å². The van der Waals surface area contributed by atoms with Crippen molar-refractivity contribution in [1.29, 1.82) is 0 Å². The molecule has 8 heteroatoms. The number of thiazole rings is 1. The number of amides is 3. The van der Waals surface area contributed by atoms with Crippen molar-refractivity contribution in [3.8, 4) is 0 Å². The number of anilines is 1. The van der Waals surface area contributed by atoms with Crippen molar-refractivity contribution in [2.24, 2.45) is 0 Å². The topological polar surface area (TPSA) is 73.8 Å². The summed E-state index contributed by atoms with van der Waals surface area (Å²) in [6.45, 7) is 4.78. The molecule has 0 saturated heterocycles. The molecule has 2 heterocycles. The molecule has 0 N–H and O–H groups in total. The van der Waals surface area contributed by atoms with Gasteiger partial charge in [0.25, 0.3) is 11.8 Å². The summed E-state index contributed by atoms with van der Waals surface area (Å²) in [4.78, 5) is 48.0. The maximum atomic E-state index is 13.3. The van der Waals surface area contributed by atoms with Gasteiger partial charge in [0.1, 0.15) is 6.54 Å². The molecule has 0 saturated carbocycles. The summed E-state index contributed by atoms with van der Waals surface area (Å²) in [7, 11) is 3.86. The summed E-state index contributed by atoms with van der Waals surface area (Å²) >= 11 is 1.44. The fourth-order valence-electron chi connectivity index (χ4n) is 3.56. The molecule has 0 radical (unpaired) electrons. The highest BCUT2D eigenvalue weighted by Gasteiger charge is 2.37. The van der Waals surface area contributed by atoms with E-state index in [1.165, 1.54) is 11.3 Å². The highest BCUT2D eigenvalue weighted by molar-refractivity contribution is 7.22. The van der Waals surface area contributed by atoms with Crippen LogP contribution in [0.1, 0.15) is 31.8 Å². The first-order chi connectivity index (χ1) is 14.8. The summed E-state index contributed by atoms with van der Waals surface area (Å²) < 4.78 is 1.00. The third-order valence-electron chi connectivity index (χ3n) is 5.55. The van der Waals surface area contributed by atoms with Gasteiger partial charge in [-0.05, 0) is 57.3 Å². The number of rotatable bonds is 6. The maximum Gasteiger partial charge on any atom is 0.262 e. The number of carbonyl (C=O) groups excluding carboxylic acids is 3. The van der Waals surface area contributed by atoms with Gasteiger partial charge in [0, 0.05) is 13.1 Å². The lowest BCUT2D eigenvalue weighted by Gasteiger charge is -2.24. The molecule has 1 aliphatic rings. The zero-order valence-electron chi connectivity index (χ0n) is 18.0. The molecule has 1 aromatic heterocycles. The zero-order valence-corrected chi connectivity index (χ0v) is 18.8. The Morgan fingerprint density at radius 1 is 1.00 bits per heavy atom. The lowest BCUT2D eigenvalue weighted by molar-refractivity contribution is -0.119. The molecule has 31 heavy (non-hydrogen) atoms. The molecule has 0 bridgehead atoms. The van der Waals surface area contributed by atoms with Gasteiger partial charge in [-0.3, -0.25) is 24.2 Å². The van der Waals surface area contributed by atoms with E-state index >= 15 is 0 Å². The number of imide groups is 1. The minimum atomic E-state index is -0.433. The van der Waals surface area contributed by atoms with E-state index in [2.05, 4.69) is 0 Å². The minimum Gasteiger partial charge on any atom is -0.308 e. The first-order valence-electron chi connectivity index (χ1n) is 10.0. The SMILES string of the molecule is Cc1ccc2sc(N(CCN(C)C)C(=O)CN3C(=O)c4ccccc4C3=O)nc2c1C. The van der Waals surface area contributed by atoms with E-state index in [9.17, 15) is 14.4 Å². The first kappa shape index (κ1) is 21.1. The molecule has 0 unspecified atom stereocenters. The smallest absolute Gasteiger partial charge is 0.262 e. The van der Waals surface area contributed by atoms with Crippen LogP contribution in [-0.2, 0) is 4.79 Å². The summed E-state index contributed by atoms with van der Waals surface area (Å²) in [5.41, 5.74) is 3.78. The largest absolute Gasteiger partial charge is 0.308 e. The Morgan fingerprint density at radius 3 is 2.26 bits per heavy atom. The third kappa shape index (κ3) is 3.84. The van der Waals surface area contributed by atoms with Gasteiger partial charge in [0.2, 0.25) is 5.91 Å². The molecule has 4 rings (SSSR count). The van der Waals surface area contributed by atoms with Crippen molar-refractivity contribution in [2.45, 2.75) is 13.8 Å². The molecule has 3 amide bonds. The van der Waals surface area contributed by atoms with E-state index in [1.807, 2.05) is 45.0 Å². The number of hydrogen-bond acceptors (Lipinski definition) is 6. The van der Waals surface area contributed by atoms with Crippen molar-refractivity contribution >= 4 is 44.4 Å². The third-order valence-corrected chi connectivity index (χ3v) is 6.59. The van der Waals surface area contributed by atoms with Crippen LogP contribution in [0.5, 0.6) is 0 Å².